The van der Waals surface area contributed by atoms with E-state index in [4.69, 9.17) is 0 Å². The van der Waals surface area contributed by atoms with Gasteiger partial charge in [0.2, 0.25) is 0 Å². The maximum Gasteiger partial charge on any atom is 0.272 e. The Bertz CT molecular complexity index is 740. The number of nitrogens with zero attached hydrogens (tertiary/aromatic N) is 4. The van der Waals surface area contributed by atoms with E-state index in [1.807, 2.05) is 24.1 Å². The van der Waals surface area contributed by atoms with Gasteiger partial charge in [0.1, 0.15) is 5.69 Å². The molecule has 146 valence electrons. The monoisotopic (exact) mass is 368 g/mol. The third-order valence-electron chi connectivity index (χ3n) is 5.51. The molecule has 0 unspecified atom stereocenters. The molecule has 1 aliphatic rings. The van der Waals surface area contributed by atoms with Crippen molar-refractivity contribution in [3.8, 4) is 0 Å². The summed E-state index contributed by atoms with van der Waals surface area (Å²) >= 11 is 0. The molecule has 0 N–H and O–H groups in total. The molecule has 5 nitrogen and oxygen atoms in total. The molecule has 1 atom stereocenters. The lowest BCUT2D eigenvalue weighted by atomic mass is 9.97. The van der Waals surface area contributed by atoms with Crippen LogP contribution in [0.4, 0.5) is 0 Å². The molecule has 0 spiro atoms. The summed E-state index contributed by atoms with van der Waals surface area (Å²) in [5.74, 6) is 0.649. The first kappa shape index (κ1) is 19.6. The van der Waals surface area contributed by atoms with E-state index in [1.165, 1.54) is 18.4 Å². The van der Waals surface area contributed by atoms with Crippen molar-refractivity contribution in [3.05, 3.63) is 53.3 Å². The SMILES string of the molecule is CCc1cc(C(=O)N(CCc2ccccc2)C[C@@H]2CCCN(C)C2)n(C)n1. The van der Waals surface area contributed by atoms with Crippen molar-refractivity contribution in [1.29, 1.82) is 0 Å². The van der Waals surface area contributed by atoms with Gasteiger partial charge in [0.05, 0.1) is 5.69 Å². The molecule has 1 aromatic carbocycles. The zero-order valence-electron chi connectivity index (χ0n) is 16.9. The van der Waals surface area contributed by atoms with Crippen molar-refractivity contribution in [1.82, 2.24) is 19.6 Å². The highest BCUT2D eigenvalue weighted by molar-refractivity contribution is 5.92. The van der Waals surface area contributed by atoms with Crippen LogP contribution < -0.4 is 0 Å². The summed E-state index contributed by atoms with van der Waals surface area (Å²) in [6, 6.07) is 12.4. The van der Waals surface area contributed by atoms with E-state index in [2.05, 4.69) is 48.2 Å². The molecular weight excluding hydrogens is 336 g/mol. The molecule has 27 heavy (non-hydrogen) atoms. The average molecular weight is 369 g/mol. The zero-order chi connectivity index (χ0) is 19.2. The molecule has 0 saturated carbocycles. The number of carbonyl (C=O) groups excluding carboxylic acids is 1. The van der Waals surface area contributed by atoms with Crippen LogP contribution in [0.1, 0.15) is 41.5 Å². The third kappa shape index (κ3) is 5.19. The molecule has 0 aliphatic carbocycles. The fourth-order valence-electron chi connectivity index (χ4n) is 3.98. The van der Waals surface area contributed by atoms with Crippen LogP contribution in [0.3, 0.4) is 0 Å². The fraction of sp³-hybridized carbons (Fsp3) is 0.545. The van der Waals surface area contributed by atoms with Gasteiger partial charge in [-0.25, -0.2) is 0 Å². The van der Waals surface area contributed by atoms with Gasteiger partial charge < -0.3 is 9.80 Å². The molecule has 0 bridgehead atoms. The third-order valence-corrected chi connectivity index (χ3v) is 5.51. The second-order valence-electron chi connectivity index (χ2n) is 7.76. The highest BCUT2D eigenvalue weighted by Gasteiger charge is 2.25. The van der Waals surface area contributed by atoms with Gasteiger partial charge in [-0.1, -0.05) is 37.3 Å². The summed E-state index contributed by atoms with van der Waals surface area (Å²) in [6.07, 6.45) is 4.14. The lowest BCUT2D eigenvalue weighted by Gasteiger charge is -2.34. The van der Waals surface area contributed by atoms with Crippen LogP contribution in [0.15, 0.2) is 36.4 Å². The van der Waals surface area contributed by atoms with E-state index in [1.54, 1.807) is 4.68 Å². The predicted molar refractivity (Wildman–Crippen MR) is 109 cm³/mol. The summed E-state index contributed by atoms with van der Waals surface area (Å²) in [5, 5.41) is 4.47. The molecule has 1 aromatic heterocycles. The summed E-state index contributed by atoms with van der Waals surface area (Å²) in [5.41, 5.74) is 2.95. The quantitative estimate of drug-likeness (QED) is 0.754. The lowest BCUT2D eigenvalue weighted by Crippen LogP contribution is -2.43. The number of benzene rings is 1. The Labute approximate surface area is 163 Å². The van der Waals surface area contributed by atoms with Crippen LogP contribution >= 0.6 is 0 Å². The Morgan fingerprint density at radius 2 is 2.04 bits per heavy atom. The Morgan fingerprint density at radius 1 is 1.26 bits per heavy atom. The molecule has 1 fully saturated rings. The molecular formula is C22H32N4O. The minimum Gasteiger partial charge on any atom is -0.337 e. The lowest BCUT2D eigenvalue weighted by molar-refractivity contribution is 0.0682. The van der Waals surface area contributed by atoms with Gasteiger partial charge in [-0.3, -0.25) is 9.48 Å². The van der Waals surface area contributed by atoms with Gasteiger partial charge in [-0.15, -0.1) is 0 Å². The number of piperidine rings is 1. The number of aromatic nitrogens is 2. The first-order valence-electron chi connectivity index (χ1n) is 10.1. The minimum absolute atomic E-state index is 0.105. The van der Waals surface area contributed by atoms with Crippen LogP contribution in [0.2, 0.25) is 0 Å². The van der Waals surface area contributed by atoms with Gasteiger partial charge in [0, 0.05) is 26.7 Å². The van der Waals surface area contributed by atoms with Crippen LogP contribution in [0.5, 0.6) is 0 Å². The van der Waals surface area contributed by atoms with Crippen LogP contribution in [0, 0.1) is 5.92 Å². The van der Waals surface area contributed by atoms with Crippen molar-refractivity contribution in [2.75, 3.05) is 33.2 Å². The first-order chi connectivity index (χ1) is 13.1. The van der Waals surface area contributed by atoms with Gasteiger partial charge in [-0.2, -0.15) is 5.10 Å². The number of amides is 1. The summed E-state index contributed by atoms with van der Waals surface area (Å²) in [6.45, 7) is 5.87. The summed E-state index contributed by atoms with van der Waals surface area (Å²) in [7, 11) is 4.05. The Hall–Kier alpha value is -2.14. The van der Waals surface area contributed by atoms with E-state index in [-0.39, 0.29) is 5.91 Å². The number of rotatable bonds is 7. The summed E-state index contributed by atoms with van der Waals surface area (Å²) < 4.78 is 1.74. The van der Waals surface area contributed by atoms with Gasteiger partial charge >= 0.3 is 0 Å². The largest absolute Gasteiger partial charge is 0.337 e. The molecule has 0 radical (unpaired) electrons. The second-order valence-corrected chi connectivity index (χ2v) is 7.76. The summed E-state index contributed by atoms with van der Waals surface area (Å²) in [4.78, 5) is 17.8. The number of carbonyl (C=O) groups is 1. The second kappa shape index (κ2) is 9.18. The van der Waals surface area contributed by atoms with Crippen LogP contribution in [-0.4, -0.2) is 58.7 Å². The molecule has 2 heterocycles. The van der Waals surface area contributed by atoms with Gasteiger partial charge in [0.15, 0.2) is 0 Å². The van der Waals surface area contributed by atoms with E-state index >= 15 is 0 Å². The number of hydrogen-bond acceptors (Lipinski definition) is 3. The fourth-order valence-corrected chi connectivity index (χ4v) is 3.98. The van der Waals surface area contributed by atoms with Crippen LogP contribution in [-0.2, 0) is 19.9 Å². The molecule has 3 rings (SSSR count). The van der Waals surface area contributed by atoms with Crippen molar-refractivity contribution >= 4 is 5.91 Å². The first-order valence-corrected chi connectivity index (χ1v) is 10.1. The maximum atomic E-state index is 13.3. The Balaban J connectivity index is 1.74. The van der Waals surface area contributed by atoms with Gasteiger partial charge in [-0.05, 0) is 56.8 Å². The Kier molecular flexibility index (Phi) is 6.67. The molecule has 1 amide bonds. The molecule has 5 heteroatoms. The highest BCUT2D eigenvalue weighted by Crippen LogP contribution is 2.18. The minimum atomic E-state index is 0.105. The van der Waals surface area contributed by atoms with Crippen molar-refractivity contribution in [2.24, 2.45) is 13.0 Å². The van der Waals surface area contributed by atoms with Crippen molar-refractivity contribution < 1.29 is 4.79 Å². The average Bonchev–Trinajstić information content (AvgIpc) is 3.06. The molecule has 1 saturated heterocycles. The molecule has 2 aromatic rings. The van der Waals surface area contributed by atoms with E-state index in [0.29, 0.717) is 11.6 Å². The number of hydrogen-bond donors (Lipinski definition) is 0. The highest BCUT2D eigenvalue weighted by atomic mass is 16.2. The van der Waals surface area contributed by atoms with Crippen molar-refractivity contribution in [2.45, 2.75) is 32.6 Å². The van der Waals surface area contributed by atoms with E-state index in [0.717, 1.165) is 44.7 Å². The predicted octanol–water partition coefficient (Wildman–Crippen LogP) is 3.01. The van der Waals surface area contributed by atoms with E-state index < -0.39 is 0 Å². The van der Waals surface area contributed by atoms with E-state index in [9.17, 15) is 4.79 Å². The zero-order valence-corrected chi connectivity index (χ0v) is 16.9. The standard InChI is InChI=1S/C22H32N4O/c1-4-20-15-21(25(3)23-20)22(27)26(14-12-18-9-6-5-7-10-18)17-19-11-8-13-24(2)16-19/h5-7,9-10,15,19H,4,8,11-14,16-17H2,1-3H3/t19-/m1/s1. The number of likely N-dealkylation sites (tertiary alicyclic amines) is 1. The van der Waals surface area contributed by atoms with Gasteiger partial charge in [0.25, 0.3) is 5.91 Å². The maximum absolute atomic E-state index is 13.3. The smallest absolute Gasteiger partial charge is 0.272 e. The normalized spacial score (nSPS) is 17.8. The number of aryl methyl sites for hydroxylation is 2. The molecule has 1 aliphatic heterocycles. The van der Waals surface area contributed by atoms with Crippen molar-refractivity contribution in [3.63, 3.8) is 0 Å². The van der Waals surface area contributed by atoms with Crippen LogP contribution in [0.25, 0.3) is 0 Å². The topological polar surface area (TPSA) is 41.4 Å². The Morgan fingerprint density at radius 3 is 2.70 bits per heavy atom.